The molecule has 0 N–H and O–H groups in total. The van der Waals surface area contributed by atoms with Crippen LogP contribution in [0.25, 0.3) is 0 Å². The standard InChI is InChI=1S/C15H23N/c1-2-11(10-16)6-15-7-12-3-13(8-15)5-14(4-12)9-15/h11-14H,2-9H2,1H3. The Bertz CT molecular complexity index is 277. The van der Waals surface area contributed by atoms with Gasteiger partial charge in [-0.15, -0.1) is 0 Å². The summed E-state index contributed by atoms with van der Waals surface area (Å²) in [6.07, 6.45) is 11.2. The first kappa shape index (κ1) is 10.6. The molecule has 0 amide bonds. The van der Waals surface area contributed by atoms with Crippen molar-refractivity contribution in [2.24, 2.45) is 29.1 Å². The van der Waals surface area contributed by atoms with Crippen LogP contribution in [-0.2, 0) is 0 Å². The van der Waals surface area contributed by atoms with Gasteiger partial charge in [-0.25, -0.2) is 0 Å². The summed E-state index contributed by atoms with van der Waals surface area (Å²) < 4.78 is 0. The maximum absolute atomic E-state index is 9.18. The smallest absolute Gasteiger partial charge is 0.0655 e. The first-order valence-corrected chi connectivity index (χ1v) is 7.12. The molecule has 0 radical (unpaired) electrons. The quantitative estimate of drug-likeness (QED) is 0.697. The summed E-state index contributed by atoms with van der Waals surface area (Å²) in [6.45, 7) is 2.17. The molecule has 4 rings (SSSR count). The van der Waals surface area contributed by atoms with Gasteiger partial charge < -0.3 is 0 Å². The van der Waals surface area contributed by atoms with Crippen molar-refractivity contribution in [1.29, 1.82) is 5.26 Å². The molecule has 0 heterocycles. The Morgan fingerprint density at radius 1 is 1.12 bits per heavy atom. The number of nitrogens with zero attached hydrogens (tertiary/aromatic N) is 1. The van der Waals surface area contributed by atoms with E-state index in [1.54, 1.807) is 0 Å². The third-order valence-electron chi connectivity index (χ3n) is 5.52. The molecule has 1 nitrogen and oxygen atoms in total. The van der Waals surface area contributed by atoms with E-state index >= 15 is 0 Å². The van der Waals surface area contributed by atoms with Crippen LogP contribution in [0.4, 0.5) is 0 Å². The van der Waals surface area contributed by atoms with Crippen LogP contribution in [0.5, 0.6) is 0 Å². The van der Waals surface area contributed by atoms with E-state index in [1.807, 2.05) is 0 Å². The average Bonchev–Trinajstić information content (AvgIpc) is 2.24. The highest BCUT2D eigenvalue weighted by Crippen LogP contribution is 2.62. The molecule has 4 aliphatic carbocycles. The molecule has 16 heavy (non-hydrogen) atoms. The van der Waals surface area contributed by atoms with Gasteiger partial charge in [-0.05, 0) is 74.5 Å². The van der Waals surface area contributed by atoms with E-state index in [4.69, 9.17) is 0 Å². The summed E-state index contributed by atoms with van der Waals surface area (Å²) in [7, 11) is 0. The third kappa shape index (κ3) is 1.67. The minimum absolute atomic E-state index is 0.330. The van der Waals surface area contributed by atoms with Gasteiger partial charge in [-0.2, -0.15) is 5.26 Å². The number of hydrogen-bond acceptors (Lipinski definition) is 1. The fraction of sp³-hybridized carbons (Fsp3) is 0.933. The van der Waals surface area contributed by atoms with Crippen molar-refractivity contribution in [2.75, 3.05) is 0 Å². The van der Waals surface area contributed by atoms with Gasteiger partial charge in [-0.1, -0.05) is 6.92 Å². The van der Waals surface area contributed by atoms with Crippen LogP contribution in [0.3, 0.4) is 0 Å². The van der Waals surface area contributed by atoms with Gasteiger partial charge in [0.05, 0.1) is 6.07 Å². The molecule has 4 aliphatic rings. The van der Waals surface area contributed by atoms with E-state index in [0.717, 1.165) is 24.2 Å². The minimum Gasteiger partial charge on any atom is -0.198 e. The zero-order valence-electron chi connectivity index (χ0n) is 10.4. The second kappa shape index (κ2) is 3.76. The Morgan fingerprint density at radius 3 is 2.00 bits per heavy atom. The fourth-order valence-corrected chi connectivity index (χ4v) is 5.34. The molecule has 88 valence electrons. The summed E-state index contributed by atoms with van der Waals surface area (Å²) >= 11 is 0. The van der Waals surface area contributed by atoms with Crippen LogP contribution in [-0.4, -0.2) is 0 Å². The van der Waals surface area contributed by atoms with Gasteiger partial charge in [0, 0.05) is 5.92 Å². The summed E-state index contributed by atoms with van der Waals surface area (Å²) in [5.41, 5.74) is 0.602. The first-order valence-electron chi connectivity index (χ1n) is 7.12. The Balaban J connectivity index is 1.76. The van der Waals surface area contributed by atoms with E-state index in [1.165, 1.54) is 44.9 Å². The van der Waals surface area contributed by atoms with Crippen molar-refractivity contribution in [3.63, 3.8) is 0 Å². The Hall–Kier alpha value is -0.510. The third-order valence-corrected chi connectivity index (χ3v) is 5.52. The maximum atomic E-state index is 9.18. The van der Waals surface area contributed by atoms with Crippen molar-refractivity contribution >= 4 is 0 Å². The van der Waals surface area contributed by atoms with Crippen LogP contribution < -0.4 is 0 Å². The lowest BCUT2D eigenvalue weighted by Gasteiger charge is -2.57. The predicted molar refractivity (Wildman–Crippen MR) is 64.6 cm³/mol. The summed E-state index contributed by atoms with van der Waals surface area (Å²) in [6, 6.07) is 2.53. The summed E-state index contributed by atoms with van der Waals surface area (Å²) in [5, 5.41) is 9.18. The highest BCUT2D eigenvalue weighted by molar-refractivity contribution is 5.03. The first-order chi connectivity index (χ1) is 7.73. The van der Waals surface area contributed by atoms with Crippen molar-refractivity contribution in [3.05, 3.63) is 0 Å². The van der Waals surface area contributed by atoms with E-state index < -0.39 is 0 Å². The lowest BCUT2D eigenvalue weighted by Crippen LogP contribution is -2.46. The topological polar surface area (TPSA) is 23.8 Å². The second-order valence-electron chi connectivity index (χ2n) is 6.86. The van der Waals surface area contributed by atoms with Crippen molar-refractivity contribution < 1.29 is 0 Å². The van der Waals surface area contributed by atoms with Crippen LogP contribution in [0.1, 0.15) is 58.3 Å². The van der Waals surface area contributed by atoms with Gasteiger partial charge in [-0.3, -0.25) is 0 Å². The molecule has 1 atom stereocenters. The van der Waals surface area contributed by atoms with Crippen molar-refractivity contribution in [3.8, 4) is 6.07 Å². The van der Waals surface area contributed by atoms with Crippen LogP contribution in [0.15, 0.2) is 0 Å². The van der Waals surface area contributed by atoms with Crippen LogP contribution >= 0.6 is 0 Å². The zero-order chi connectivity index (χ0) is 11.2. The molecular weight excluding hydrogens is 194 g/mol. The van der Waals surface area contributed by atoms with Gasteiger partial charge in [0.25, 0.3) is 0 Å². The highest BCUT2D eigenvalue weighted by Gasteiger charge is 2.51. The van der Waals surface area contributed by atoms with Gasteiger partial charge in [0.2, 0.25) is 0 Å². The molecule has 1 unspecified atom stereocenters. The van der Waals surface area contributed by atoms with Crippen molar-refractivity contribution in [2.45, 2.75) is 58.3 Å². The maximum Gasteiger partial charge on any atom is 0.0655 e. The lowest BCUT2D eigenvalue weighted by atomic mass is 9.48. The van der Waals surface area contributed by atoms with Crippen molar-refractivity contribution in [1.82, 2.24) is 0 Å². The lowest BCUT2D eigenvalue weighted by molar-refractivity contribution is -0.0623. The SMILES string of the molecule is CCC(C#N)CC12CC3CC(CC(C3)C1)C2. The predicted octanol–water partition coefficient (Wildman–Crippen LogP) is 4.14. The molecule has 4 fully saturated rings. The molecule has 0 aromatic heterocycles. The summed E-state index contributed by atoms with van der Waals surface area (Å²) in [4.78, 5) is 0. The van der Waals surface area contributed by atoms with Crippen LogP contribution in [0.2, 0.25) is 0 Å². The second-order valence-corrected chi connectivity index (χ2v) is 6.86. The van der Waals surface area contributed by atoms with E-state index in [9.17, 15) is 5.26 Å². The molecule has 1 heteroatoms. The molecule has 4 bridgehead atoms. The molecule has 0 aliphatic heterocycles. The summed E-state index contributed by atoms with van der Waals surface area (Å²) in [5.74, 6) is 3.42. The van der Waals surface area contributed by atoms with Gasteiger partial charge in [0.15, 0.2) is 0 Å². The monoisotopic (exact) mass is 217 g/mol. The number of hydrogen-bond donors (Lipinski definition) is 0. The number of rotatable bonds is 3. The van der Waals surface area contributed by atoms with Gasteiger partial charge >= 0.3 is 0 Å². The normalized spacial score (nSPS) is 46.6. The molecule has 0 spiro atoms. The van der Waals surface area contributed by atoms with Crippen LogP contribution in [0, 0.1) is 40.4 Å². The molecule has 0 saturated heterocycles. The zero-order valence-corrected chi connectivity index (χ0v) is 10.4. The minimum atomic E-state index is 0.330. The van der Waals surface area contributed by atoms with Gasteiger partial charge in [0.1, 0.15) is 0 Å². The Kier molecular flexibility index (Phi) is 2.50. The number of nitriles is 1. The fourth-order valence-electron chi connectivity index (χ4n) is 5.34. The highest BCUT2D eigenvalue weighted by atomic mass is 14.6. The molecule has 4 saturated carbocycles. The molecular formula is C15H23N. The Labute approximate surface area is 99.2 Å². The molecule has 0 aromatic carbocycles. The van der Waals surface area contributed by atoms with E-state index in [-0.39, 0.29) is 0 Å². The Morgan fingerprint density at radius 2 is 1.62 bits per heavy atom. The van der Waals surface area contributed by atoms with E-state index in [2.05, 4.69) is 13.0 Å². The van der Waals surface area contributed by atoms with E-state index in [0.29, 0.717) is 11.3 Å². The largest absolute Gasteiger partial charge is 0.198 e. The molecule has 0 aromatic rings. The average molecular weight is 217 g/mol.